The third-order valence-electron chi connectivity index (χ3n) is 6.28. The second-order valence-electron chi connectivity index (χ2n) is 8.52. The van der Waals surface area contributed by atoms with Gasteiger partial charge in [0.2, 0.25) is 17.3 Å². The van der Waals surface area contributed by atoms with Crippen LogP contribution < -0.4 is 19.9 Å². The Kier molecular flexibility index (Phi) is 5.87. The molecule has 1 unspecified atom stereocenters. The summed E-state index contributed by atoms with van der Waals surface area (Å²) in [6.45, 7) is 4.46. The molecule has 5 rings (SSSR count). The summed E-state index contributed by atoms with van der Waals surface area (Å²) in [5.74, 6) is 1.06. The summed E-state index contributed by atoms with van der Waals surface area (Å²) < 4.78 is 11.6. The summed E-state index contributed by atoms with van der Waals surface area (Å²) in [4.78, 5) is 43.9. The van der Waals surface area contributed by atoms with Crippen molar-refractivity contribution in [3.8, 4) is 11.8 Å². The van der Waals surface area contributed by atoms with E-state index in [4.69, 9.17) is 9.47 Å². The molecule has 0 aromatic carbocycles. The lowest BCUT2D eigenvalue weighted by atomic mass is 10.1. The predicted octanol–water partition coefficient (Wildman–Crippen LogP) is 1.73. The lowest BCUT2D eigenvalue weighted by Gasteiger charge is -2.31. The average Bonchev–Trinajstić information content (AvgIpc) is 3.32. The molecular formula is C24H26N6O4. The van der Waals surface area contributed by atoms with E-state index in [0.717, 1.165) is 35.5 Å². The lowest BCUT2D eigenvalue weighted by Crippen LogP contribution is -2.33. The number of pyridine rings is 2. The zero-order valence-corrected chi connectivity index (χ0v) is 19.2. The van der Waals surface area contributed by atoms with Crippen LogP contribution in [0, 0.1) is 6.92 Å². The number of aromatic amines is 1. The van der Waals surface area contributed by atoms with Crippen molar-refractivity contribution in [1.29, 1.82) is 0 Å². The van der Waals surface area contributed by atoms with Crippen LogP contribution in [0.25, 0.3) is 0 Å². The second-order valence-corrected chi connectivity index (χ2v) is 8.52. The molecule has 1 saturated heterocycles. The number of methoxy groups -OCH3 is 1. The lowest BCUT2D eigenvalue weighted by molar-refractivity contribution is 0.0770. The highest BCUT2D eigenvalue weighted by molar-refractivity contribution is 5.94. The zero-order valence-electron chi connectivity index (χ0n) is 19.2. The molecule has 10 nitrogen and oxygen atoms in total. The van der Waals surface area contributed by atoms with Crippen molar-refractivity contribution in [3.63, 3.8) is 0 Å². The maximum absolute atomic E-state index is 12.8. The number of H-pyrrole nitrogens is 1. The van der Waals surface area contributed by atoms with Gasteiger partial charge in [0, 0.05) is 43.8 Å². The first-order valence-corrected chi connectivity index (χ1v) is 11.2. The van der Waals surface area contributed by atoms with Gasteiger partial charge in [-0.15, -0.1) is 0 Å². The maximum atomic E-state index is 12.8. The van der Waals surface area contributed by atoms with Crippen molar-refractivity contribution in [1.82, 2.24) is 24.8 Å². The summed E-state index contributed by atoms with van der Waals surface area (Å²) in [6, 6.07) is 4.97. The van der Waals surface area contributed by atoms with Crippen molar-refractivity contribution in [3.05, 3.63) is 69.7 Å². The van der Waals surface area contributed by atoms with Gasteiger partial charge in [-0.3, -0.25) is 9.59 Å². The van der Waals surface area contributed by atoms with Gasteiger partial charge in [-0.05, 0) is 19.1 Å². The molecule has 0 bridgehead atoms. The standard InChI is InChI=1S/C24H26N6O4/c1-15-9-17(11-26-22(15)33-2)29-8-6-20-19(13-29)23(28-14-27-20)34-18-5-7-30(12-18)24(32)16-3-4-21(31)25-10-16/h3-4,9-11,14,18H,5-8,12-13H2,1-2H3,(H,25,31). The number of nitrogens with one attached hydrogen (secondary N) is 1. The van der Waals surface area contributed by atoms with Crippen LogP contribution in [0.15, 0.2) is 41.7 Å². The molecule has 2 aliphatic heterocycles. The summed E-state index contributed by atoms with van der Waals surface area (Å²) in [7, 11) is 1.62. The topological polar surface area (TPSA) is 114 Å². The minimum absolute atomic E-state index is 0.124. The second kappa shape index (κ2) is 9.12. The molecule has 0 aliphatic carbocycles. The summed E-state index contributed by atoms with van der Waals surface area (Å²) >= 11 is 0. The van der Waals surface area contributed by atoms with Gasteiger partial charge in [-0.1, -0.05) is 0 Å². The minimum atomic E-state index is -0.234. The first kappa shape index (κ1) is 21.9. The van der Waals surface area contributed by atoms with Crippen molar-refractivity contribution < 1.29 is 14.3 Å². The third kappa shape index (κ3) is 4.30. The van der Waals surface area contributed by atoms with Gasteiger partial charge >= 0.3 is 0 Å². The number of rotatable bonds is 5. The fraction of sp³-hybridized carbons (Fsp3) is 0.375. The highest BCUT2D eigenvalue weighted by atomic mass is 16.5. The predicted molar refractivity (Wildman–Crippen MR) is 124 cm³/mol. The first-order valence-electron chi connectivity index (χ1n) is 11.2. The quantitative estimate of drug-likeness (QED) is 0.610. The Balaban J connectivity index is 1.29. The molecule has 1 N–H and O–H groups in total. The Hall–Kier alpha value is -3.95. The minimum Gasteiger partial charge on any atom is -0.481 e. The van der Waals surface area contributed by atoms with Crippen LogP contribution >= 0.6 is 0 Å². The van der Waals surface area contributed by atoms with E-state index >= 15 is 0 Å². The number of carbonyl (C=O) groups is 1. The van der Waals surface area contributed by atoms with Gasteiger partial charge in [-0.2, -0.15) is 0 Å². The fourth-order valence-electron chi connectivity index (χ4n) is 4.46. The van der Waals surface area contributed by atoms with Crippen molar-refractivity contribution in [2.75, 3.05) is 31.6 Å². The number of amides is 1. The van der Waals surface area contributed by atoms with Gasteiger partial charge in [-0.25, -0.2) is 15.0 Å². The van der Waals surface area contributed by atoms with E-state index < -0.39 is 0 Å². The van der Waals surface area contributed by atoms with Crippen LogP contribution in [0.1, 0.15) is 33.6 Å². The van der Waals surface area contributed by atoms with Crippen LogP contribution in [-0.2, 0) is 13.0 Å². The molecule has 1 fully saturated rings. The number of nitrogens with zero attached hydrogens (tertiary/aromatic N) is 5. The molecule has 176 valence electrons. The molecule has 0 spiro atoms. The molecule has 5 heterocycles. The zero-order chi connectivity index (χ0) is 23.7. The number of anilines is 1. The smallest absolute Gasteiger partial charge is 0.255 e. The van der Waals surface area contributed by atoms with Gasteiger partial charge < -0.3 is 24.3 Å². The summed E-state index contributed by atoms with van der Waals surface area (Å²) in [6.07, 6.45) is 6.13. The number of hydrogen-bond acceptors (Lipinski definition) is 8. The van der Waals surface area contributed by atoms with Crippen LogP contribution in [0.4, 0.5) is 5.69 Å². The molecule has 1 atom stereocenters. The monoisotopic (exact) mass is 462 g/mol. The fourth-order valence-corrected chi connectivity index (χ4v) is 4.46. The van der Waals surface area contributed by atoms with E-state index in [2.05, 4.69) is 30.9 Å². The summed E-state index contributed by atoms with van der Waals surface area (Å²) in [5.41, 5.74) is 4.16. The van der Waals surface area contributed by atoms with E-state index in [1.165, 1.54) is 12.3 Å². The molecule has 34 heavy (non-hydrogen) atoms. The number of aromatic nitrogens is 4. The third-order valence-corrected chi connectivity index (χ3v) is 6.28. The Morgan fingerprint density at radius 1 is 1.18 bits per heavy atom. The van der Waals surface area contributed by atoms with Crippen molar-refractivity contribution in [2.45, 2.75) is 32.4 Å². The summed E-state index contributed by atoms with van der Waals surface area (Å²) in [5, 5.41) is 0. The molecule has 1 amide bonds. The SMILES string of the molecule is COc1ncc(N2CCc3ncnc(OC4CCN(C(=O)c5ccc(=O)[nH]c5)C4)c3C2)cc1C. The Bertz CT molecular complexity index is 1260. The van der Waals surface area contributed by atoms with Gasteiger partial charge in [0.05, 0.1) is 48.9 Å². The number of likely N-dealkylation sites (tertiary alicyclic amines) is 1. The normalized spacial score (nSPS) is 17.4. The number of fused-ring (bicyclic) bond motifs is 1. The van der Waals surface area contributed by atoms with Crippen molar-refractivity contribution >= 4 is 11.6 Å². The largest absolute Gasteiger partial charge is 0.481 e. The molecule has 2 aliphatic rings. The number of ether oxygens (including phenoxy) is 2. The molecular weight excluding hydrogens is 436 g/mol. The highest BCUT2D eigenvalue weighted by Gasteiger charge is 2.30. The highest BCUT2D eigenvalue weighted by Crippen LogP contribution is 2.31. The number of aryl methyl sites for hydroxylation is 1. The molecule has 3 aromatic heterocycles. The van der Waals surface area contributed by atoms with E-state index in [1.807, 2.05) is 13.1 Å². The maximum Gasteiger partial charge on any atom is 0.255 e. The Morgan fingerprint density at radius 2 is 2.06 bits per heavy atom. The van der Waals surface area contributed by atoms with Crippen LogP contribution in [0.2, 0.25) is 0 Å². The van der Waals surface area contributed by atoms with E-state index in [-0.39, 0.29) is 17.6 Å². The van der Waals surface area contributed by atoms with Crippen LogP contribution in [0.5, 0.6) is 11.8 Å². The Morgan fingerprint density at radius 3 is 2.82 bits per heavy atom. The van der Waals surface area contributed by atoms with E-state index in [9.17, 15) is 9.59 Å². The van der Waals surface area contributed by atoms with E-state index in [0.29, 0.717) is 43.4 Å². The average molecular weight is 463 g/mol. The van der Waals surface area contributed by atoms with Crippen molar-refractivity contribution in [2.24, 2.45) is 0 Å². The van der Waals surface area contributed by atoms with Gasteiger partial charge in [0.15, 0.2) is 0 Å². The number of hydrogen-bond donors (Lipinski definition) is 1. The van der Waals surface area contributed by atoms with E-state index in [1.54, 1.807) is 24.4 Å². The number of carbonyl (C=O) groups excluding carboxylic acids is 1. The molecule has 3 aromatic rings. The first-order chi connectivity index (χ1) is 16.5. The van der Waals surface area contributed by atoms with Crippen LogP contribution in [0.3, 0.4) is 0 Å². The molecule has 0 saturated carbocycles. The molecule has 0 radical (unpaired) electrons. The molecule has 10 heteroatoms. The van der Waals surface area contributed by atoms with Crippen LogP contribution in [-0.4, -0.2) is 63.6 Å². The van der Waals surface area contributed by atoms with Gasteiger partial charge in [0.1, 0.15) is 12.4 Å². The Labute approximate surface area is 196 Å². The van der Waals surface area contributed by atoms with Gasteiger partial charge in [0.25, 0.3) is 5.91 Å².